The molecular weight excluding hydrogens is 136 g/mol. The van der Waals surface area contributed by atoms with Crippen molar-refractivity contribution in [2.75, 3.05) is 6.26 Å². The zero-order valence-electron chi connectivity index (χ0n) is 5.20. The van der Waals surface area contributed by atoms with Gasteiger partial charge in [-0.3, -0.25) is 0 Å². The zero-order valence-corrected chi connectivity index (χ0v) is 6.02. The summed E-state index contributed by atoms with van der Waals surface area (Å²) in [6.45, 7) is 6.50. The predicted octanol–water partition coefficient (Wildman–Crippen LogP) is 0.565. The molecule has 3 nitrogen and oxygen atoms in total. The highest BCUT2D eigenvalue weighted by molar-refractivity contribution is 8.05. The normalized spacial score (nSPS) is 14.7. The molecule has 0 saturated heterocycles. The Kier molecular flexibility index (Phi) is 4.00. The van der Waals surface area contributed by atoms with Crippen molar-refractivity contribution in [1.29, 1.82) is 0 Å². The van der Waals surface area contributed by atoms with Gasteiger partial charge in [-0.2, -0.15) is 4.99 Å². The first-order chi connectivity index (χ1) is 4.22. The Hall–Kier alpha value is -0.610. The van der Waals surface area contributed by atoms with E-state index in [1.54, 1.807) is 0 Å². The second-order valence-electron chi connectivity index (χ2n) is 1.21. The molecule has 0 aromatic carbocycles. The number of rotatable bonds is 1. The summed E-state index contributed by atoms with van der Waals surface area (Å²) in [4.78, 5) is 7.00. The summed E-state index contributed by atoms with van der Waals surface area (Å²) in [7, 11) is 0. The molecule has 1 atom stereocenters. The molecule has 4 heteroatoms. The molecule has 0 fully saturated rings. The average molecular weight is 144 g/mol. The minimum Gasteiger partial charge on any atom is -0.609 e. The average Bonchev–Trinajstić information content (AvgIpc) is 1.82. The number of nitrogens with zero attached hydrogens (tertiary/aromatic N) is 2. The molecule has 0 aromatic rings. The molecule has 0 aliphatic heterocycles. The minimum absolute atomic E-state index is 0.213. The first-order valence-corrected chi connectivity index (χ1v) is 3.77. The van der Waals surface area contributed by atoms with Gasteiger partial charge in [-0.25, -0.2) is 4.99 Å². The van der Waals surface area contributed by atoms with Crippen LogP contribution in [0.5, 0.6) is 0 Å². The van der Waals surface area contributed by atoms with Crippen molar-refractivity contribution in [3.05, 3.63) is 12.8 Å². The fourth-order valence-corrected chi connectivity index (χ4v) is 0.689. The van der Waals surface area contributed by atoms with Crippen molar-refractivity contribution in [3.63, 3.8) is 0 Å². The summed E-state index contributed by atoms with van der Waals surface area (Å²) in [5, 5.41) is 0.213. The first kappa shape index (κ1) is 8.39. The Morgan fingerprint density at radius 3 is 2.44 bits per heavy atom. The molecule has 50 valence electrons. The highest BCUT2D eigenvalue weighted by Crippen LogP contribution is 1.90. The van der Waals surface area contributed by atoms with Crippen LogP contribution in [0.3, 0.4) is 0 Å². The van der Waals surface area contributed by atoms with Crippen LogP contribution in [0.1, 0.15) is 0 Å². The highest BCUT2D eigenvalue weighted by atomic mass is 32.2. The molecule has 0 radical (unpaired) electrons. The predicted molar refractivity (Wildman–Crippen MR) is 41.2 cm³/mol. The molecule has 9 heavy (non-hydrogen) atoms. The van der Waals surface area contributed by atoms with Crippen molar-refractivity contribution in [1.82, 2.24) is 0 Å². The van der Waals surface area contributed by atoms with Gasteiger partial charge in [0.05, 0.1) is 0 Å². The molecular formula is C5H8N2OS. The SMILES string of the molecule is C=C/N=C(\N=C)[S+](C)[O-]. The summed E-state index contributed by atoms with van der Waals surface area (Å²) >= 11 is -1.15. The second kappa shape index (κ2) is 4.29. The van der Waals surface area contributed by atoms with Crippen molar-refractivity contribution in [3.8, 4) is 0 Å². The van der Waals surface area contributed by atoms with Crippen LogP contribution >= 0.6 is 0 Å². The second-order valence-corrected chi connectivity index (χ2v) is 2.48. The van der Waals surface area contributed by atoms with Crippen LogP contribution in [0.2, 0.25) is 0 Å². The van der Waals surface area contributed by atoms with Gasteiger partial charge in [-0.05, 0) is 6.72 Å². The molecule has 0 spiro atoms. The van der Waals surface area contributed by atoms with Gasteiger partial charge in [0.1, 0.15) is 6.26 Å². The third kappa shape index (κ3) is 3.05. The van der Waals surface area contributed by atoms with E-state index in [1.165, 1.54) is 12.5 Å². The third-order valence-electron chi connectivity index (χ3n) is 0.594. The van der Waals surface area contributed by atoms with Crippen LogP contribution in [0.4, 0.5) is 0 Å². The van der Waals surface area contributed by atoms with Crippen LogP contribution in [-0.2, 0) is 11.2 Å². The van der Waals surface area contributed by atoms with E-state index in [1.807, 2.05) is 0 Å². The van der Waals surface area contributed by atoms with Crippen LogP contribution in [0.15, 0.2) is 22.8 Å². The number of amidine groups is 1. The van der Waals surface area contributed by atoms with Gasteiger partial charge in [-0.1, -0.05) is 6.58 Å². The fraction of sp³-hybridized carbons (Fsp3) is 0.200. The zero-order chi connectivity index (χ0) is 7.28. The van der Waals surface area contributed by atoms with E-state index in [9.17, 15) is 4.55 Å². The maximum absolute atomic E-state index is 10.6. The third-order valence-corrected chi connectivity index (χ3v) is 1.34. The molecule has 0 aliphatic rings. The summed E-state index contributed by atoms with van der Waals surface area (Å²) in [6.07, 6.45) is 2.77. The summed E-state index contributed by atoms with van der Waals surface area (Å²) in [5.74, 6) is 0. The van der Waals surface area contributed by atoms with E-state index in [0.29, 0.717) is 0 Å². The van der Waals surface area contributed by atoms with Crippen LogP contribution in [-0.4, -0.2) is 22.7 Å². The Labute approximate surface area is 57.4 Å². The molecule has 1 unspecified atom stereocenters. The van der Waals surface area contributed by atoms with E-state index >= 15 is 0 Å². The molecule has 0 N–H and O–H groups in total. The lowest BCUT2D eigenvalue weighted by Crippen LogP contribution is -2.08. The number of hydrogen-bond acceptors (Lipinski definition) is 2. The maximum Gasteiger partial charge on any atom is 0.341 e. The Balaban J connectivity index is 4.13. The van der Waals surface area contributed by atoms with Gasteiger partial charge in [0.15, 0.2) is 0 Å². The molecule has 0 rings (SSSR count). The standard InChI is InChI=1S/C5H8N2OS/c1-4-7-5(6-2)9(3)8/h4H,1-2H2,3H3/b7-5+. The van der Waals surface area contributed by atoms with Crippen LogP contribution in [0.25, 0.3) is 0 Å². The highest BCUT2D eigenvalue weighted by Gasteiger charge is 2.04. The van der Waals surface area contributed by atoms with Gasteiger partial charge < -0.3 is 4.55 Å². The fourth-order valence-electron chi connectivity index (χ4n) is 0.284. The van der Waals surface area contributed by atoms with Crippen molar-refractivity contribution in [2.45, 2.75) is 0 Å². The van der Waals surface area contributed by atoms with Gasteiger partial charge in [0.25, 0.3) is 0 Å². The topological polar surface area (TPSA) is 47.8 Å². The minimum atomic E-state index is -1.15. The van der Waals surface area contributed by atoms with E-state index in [4.69, 9.17) is 0 Å². The van der Waals surface area contributed by atoms with Crippen molar-refractivity contribution in [2.24, 2.45) is 9.98 Å². The van der Waals surface area contributed by atoms with Crippen LogP contribution in [0, 0.1) is 0 Å². The van der Waals surface area contributed by atoms with E-state index in [2.05, 4.69) is 23.3 Å². The molecule has 0 amide bonds. The quantitative estimate of drug-likeness (QED) is 0.301. The number of aliphatic imine (C=N–C) groups is 2. The first-order valence-electron chi connectivity index (χ1n) is 2.21. The summed E-state index contributed by atoms with van der Waals surface area (Å²) in [5.41, 5.74) is 0. The monoisotopic (exact) mass is 144 g/mol. The van der Waals surface area contributed by atoms with Crippen LogP contribution < -0.4 is 0 Å². The van der Waals surface area contributed by atoms with Crippen molar-refractivity contribution >= 4 is 23.1 Å². The van der Waals surface area contributed by atoms with Crippen molar-refractivity contribution < 1.29 is 4.55 Å². The molecule has 0 bridgehead atoms. The summed E-state index contributed by atoms with van der Waals surface area (Å²) < 4.78 is 10.6. The van der Waals surface area contributed by atoms with E-state index in [-0.39, 0.29) is 5.17 Å². The van der Waals surface area contributed by atoms with E-state index in [0.717, 1.165) is 0 Å². The molecule has 0 aromatic heterocycles. The largest absolute Gasteiger partial charge is 0.609 e. The lowest BCUT2D eigenvalue weighted by molar-refractivity contribution is 0.611. The van der Waals surface area contributed by atoms with Gasteiger partial charge in [0.2, 0.25) is 0 Å². The van der Waals surface area contributed by atoms with Gasteiger partial charge in [0, 0.05) is 17.4 Å². The molecule has 0 saturated carbocycles. The lowest BCUT2D eigenvalue weighted by atomic mass is 11.0. The summed E-state index contributed by atoms with van der Waals surface area (Å²) in [6, 6.07) is 0. The molecule has 0 aliphatic carbocycles. The number of hydrogen-bond donors (Lipinski definition) is 0. The molecule has 0 heterocycles. The maximum atomic E-state index is 10.6. The lowest BCUT2D eigenvalue weighted by Gasteiger charge is -1.98. The smallest absolute Gasteiger partial charge is 0.341 e. The van der Waals surface area contributed by atoms with Gasteiger partial charge >= 0.3 is 5.17 Å². The Morgan fingerprint density at radius 1 is 1.78 bits per heavy atom. The van der Waals surface area contributed by atoms with E-state index < -0.39 is 11.2 Å². The van der Waals surface area contributed by atoms with Gasteiger partial charge in [-0.15, -0.1) is 0 Å². The Bertz CT molecular complexity index is 142. The Morgan fingerprint density at radius 2 is 2.33 bits per heavy atom.